The highest BCUT2D eigenvalue weighted by atomic mass is 32.2. The Balaban J connectivity index is 1.24. The highest BCUT2D eigenvalue weighted by Crippen LogP contribution is 2.47. The molecule has 182 valence electrons. The van der Waals surface area contributed by atoms with Crippen molar-refractivity contribution in [2.24, 2.45) is 5.92 Å². The predicted octanol–water partition coefficient (Wildman–Crippen LogP) is 3.03. The molecule has 0 radical (unpaired) electrons. The molecule has 0 bridgehead atoms. The van der Waals surface area contributed by atoms with Gasteiger partial charge in [-0.2, -0.15) is 0 Å². The number of urea groups is 1. The molecule has 1 aromatic rings. The summed E-state index contributed by atoms with van der Waals surface area (Å²) in [6.07, 6.45) is 6.83. The molecule has 3 aliphatic rings. The number of carbonyl (C=O) groups is 2. The number of nitrogens with zero attached hydrogens (tertiary/aromatic N) is 1. The van der Waals surface area contributed by atoms with Crippen molar-refractivity contribution in [3.05, 3.63) is 29.6 Å². The van der Waals surface area contributed by atoms with E-state index in [2.05, 4.69) is 10.0 Å². The molecule has 3 fully saturated rings. The summed E-state index contributed by atoms with van der Waals surface area (Å²) < 4.78 is 48.1. The van der Waals surface area contributed by atoms with Gasteiger partial charge in [0.25, 0.3) is 0 Å². The van der Waals surface area contributed by atoms with Crippen LogP contribution in [0, 0.1) is 11.7 Å². The monoisotopic (exact) mass is 481 g/mol. The van der Waals surface area contributed by atoms with Gasteiger partial charge in [-0.15, -0.1) is 0 Å². The van der Waals surface area contributed by atoms with Crippen molar-refractivity contribution in [3.8, 4) is 5.75 Å². The number of rotatable bonds is 12. The number of imide groups is 1. The molecule has 0 atom stereocenters. The summed E-state index contributed by atoms with van der Waals surface area (Å²) in [5.74, 6) is -0.0308. The third kappa shape index (κ3) is 6.23. The second-order valence-electron chi connectivity index (χ2n) is 9.41. The Morgan fingerprint density at radius 3 is 2.64 bits per heavy atom. The van der Waals surface area contributed by atoms with Crippen LogP contribution in [-0.2, 0) is 20.4 Å². The number of carbonyl (C=O) groups excluding carboxylic acids is 2. The Hall–Kier alpha value is -2.20. The van der Waals surface area contributed by atoms with Crippen molar-refractivity contribution < 1.29 is 27.1 Å². The highest BCUT2D eigenvalue weighted by Gasteiger charge is 2.47. The Bertz CT molecular complexity index is 992. The summed E-state index contributed by atoms with van der Waals surface area (Å²) in [5.41, 5.74) is 0.0567. The van der Waals surface area contributed by atoms with Crippen LogP contribution in [-0.4, -0.2) is 50.7 Å². The van der Waals surface area contributed by atoms with Gasteiger partial charge in [0.05, 0.1) is 17.9 Å². The number of ether oxygens (including phenoxy) is 1. The first-order chi connectivity index (χ1) is 15.8. The third-order valence-electron chi connectivity index (χ3n) is 6.77. The van der Waals surface area contributed by atoms with Crippen molar-refractivity contribution in [2.75, 3.05) is 25.4 Å². The Kier molecular flexibility index (Phi) is 7.23. The molecule has 2 saturated carbocycles. The van der Waals surface area contributed by atoms with Crippen LogP contribution >= 0.6 is 0 Å². The van der Waals surface area contributed by atoms with Gasteiger partial charge >= 0.3 is 6.03 Å². The van der Waals surface area contributed by atoms with Crippen molar-refractivity contribution >= 4 is 22.0 Å². The molecule has 1 heterocycles. The maximum absolute atomic E-state index is 14.2. The lowest BCUT2D eigenvalue weighted by atomic mass is 9.86. The van der Waals surface area contributed by atoms with Gasteiger partial charge in [0.15, 0.2) is 11.6 Å². The number of nitrogens with one attached hydrogen (secondary N) is 2. The summed E-state index contributed by atoms with van der Waals surface area (Å²) >= 11 is 0. The number of benzene rings is 1. The zero-order valence-electron chi connectivity index (χ0n) is 18.8. The Morgan fingerprint density at radius 1 is 1.18 bits per heavy atom. The van der Waals surface area contributed by atoms with Crippen LogP contribution in [0.5, 0.6) is 5.75 Å². The summed E-state index contributed by atoms with van der Waals surface area (Å²) in [4.78, 5) is 24.5. The molecule has 8 nitrogen and oxygen atoms in total. The highest BCUT2D eigenvalue weighted by molar-refractivity contribution is 7.89. The molecule has 0 aromatic heterocycles. The zero-order valence-corrected chi connectivity index (χ0v) is 19.6. The summed E-state index contributed by atoms with van der Waals surface area (Å²) in [7, 11) is -3.51. The Morgan fingerprint density at radius 2 is 1.97 bits per heavy atom. The van der Waals surface area contributed by atoms with Crippen molar-refractivity contribution in [2.45, 2.75) is 63.3 Å². The maximum Gasteiger partial charge on any atom is 0.324 e. The molecule has 1 saturated heterocycles. The molecule has 1 aromatic carbocycles. The number of hydrogen-bond donors (Lipinski definition) is 2. The fourth-order valence-electron chi connectivity index (χ4n) is 4.29. The smallest absolute Gasteiger partial charge is 0.324 e. The summed E-state index contributed by atoms with van der Waals surface area (Å²) in [6, 6.07) is 4.24. The largest absolute Gasteiger partial charge is 0.490 e. The fraction of sp³-hybridized carbons (Fsp3) is 0.652. The van der Waals surface area contributed by atoms with Gasteiger partial charge in [-0.3, -0.25) is 10.1 Å². The number of halogens is 1. The number of sulfonamides is 1. The average Bonchev–Trinajstić information content (AvgIpc) is 3.49. The standard InChI is InChI=1S/C23H32FN3O5S/c24-19-8-7-18(15-20(19)32-16-17-5-4-6-17)23(10-11-23)26-33(30,31)14-3-1-2-12-27-13-9-21(28)25-22(27)29/h7-8,15,17,26H,1-6,9-14,16H2,(H,25,28,29). The van der Waals surface area contributed by atoms with Gasteiger partial charge in [0, 0.05) is 19.5 Å². The van der Waals surface area contributed by atoms with E-state index in [1.54, 1.807) is 17.0 Å². The van der Waals surface area contributed by atoms with E-state index in [9.17, 15) is 22.4 Å². The molecular weight excluding hydrogens is 449 g/mol. The van der Waals surface area contributed by atoms with Crippen molar-refractivity contribution in [3.63, 3.8) is 0 Å². The number of hydrogen-bond acceptors (Lipinski definition) is 5. The molecule has 33 heavy (non-hydrogen) atoms. The lowest BCUT2D eigenvalue weighted by Gasteiger charge is -2.26. The van der Waals surface area contributed by atoms with Crippen LogP contribution in [0.25, 0.3) is 0 Å². The van der Waals surface area contributed by atoms with Crippen LogP contribution < -0.4 is 14.8 Å². The lowest BCUT2D eigenvalue weighted by molar-refractivity contribution is -0.121. The van der Waals surface area contributed by atoms with Gasteiger partial charge in [-0.25, -0.2) is 22.3 Å². The molecule has 0 spiro atoms. The van der Waals surface area contributed by atoms with Gasteiger partial charge in [0.1, 0.15) is 0 Å². The topological polar surface area (TPSA) is 105 Å². The second-order valence-corrected chi connectivity index (χ2v) is 11.2. The van der Waals surface area contributed by atoms with E-state index >= 15 is 0 Å². The molecule has 3 amide bonds. The van der Waals surface area contributed by atoms with E-state index in [4.69, 9.17) is 4.74 Å². The molecule has 4 rings (SSSR count). The van der Waals surface area contributed by atoms with Crippen LogP contribution in [0.3, 0.4) is 0 Å². The predicted molar refractivity (Wildman–Crippen MR) is 121 cm³/mol. The van der Waals surface area contributed by atoms with Gasteiger partial charge in [-0.1, -0.05) is 18.9 Å². The first-order valence-corrected chi connectivity index (χ1v) is 13.4. The normalized spacial score (nSPS) is 20.3. The second kappa shape index (κ2) is 9.97. The third-order valence-corrected chi connectivity index (χ3v) is 8.30. The molecular formula is C23H32FN3O5S. The van der Waals surface area contributed by atoms with Crippen LogP contribution in [0.2, 0.25) is 0 Å². The summed E-state index contributed by atoms with van der Waals surface area (Å²) in [5, 5.41) is 2.28. The lowest BCUT2D eigenvalue weighted by Crippen LogP contribution is -2.49. The van der Waals surface area contributed by atoms with E-state index in [0.717, 1.165) is 18.4 Å². The minimum Gasteiger partial charge on any atom is -0.490 e. The number of amides is 3. The SMILES string of the molecule is O=C1CCN(CCCCCS(=O)(=O)NC2(c3ccc(F)c(OCC4CCC4)c3)CC2)C(=O)N1. The van der Waals surface area contributed by atoms with Gasteiger partial charge in [0.2, 0.25) is 15.9 Å². The van der Waals surface area contributed by atoms with E-state index in [-0.39, 0.29) is 23.4 Å². The average molecular weight is 482 g/mol. The fourth-order valence-corrected chi connectivity index (χ4v) is 5.89. The molecule has 2 aliphatic carbocycles. The van der Waals surface area contributed by atoms with E-state index in [0.29, 0.717) is 64.1 Å². The summed E-state index contributed by atoms with van der Waals surface area (Å²) in [6.45, 7) is 1.39. The van der Waals surface area contributed by atoms with Gasteiger partial charge < -0.3 is 9.64 Å². The quantitative estimate of drug-likeness (QED) is 0.447. The van der Waals surface area contributed by atoms with E-state index in [1.165, 1.54) is 12.5 Å². The van der Waals surface area contributed by atoms with Crippen molar-refractivity contribution in [1.82, 2.24) is 14.9 Å². The van der Waals surface area contributed by atoms with E-state index < -0.39 is 21.4 Å². The zero-order chi connectivity index (χ0) is 23.5. The van der Waals surface area contributed by atoms with Crippen molar-refractivity contribution in [1.29, 1.82) is 0 Å². The molecule has 10 heteroatoms. The number of unbranched alkanes of at least 4 members (excludes halogenated alkanes) is 2. The molecule has 2 N–H and O–H groups in total. The van der Waals surface area contributed by atoms with Crippen LogP contribution in [0.15, 0.2) is 18.2 Å². The van der Waals surface area contributed by atoms with Gasteiger partial charge in [-0.05, 0) is 62.1 Å². The first kappa shape index (κ1) is 23.9. The van der Waals surface area contributed by atoms with Crippen LogP contribution in [0.4, 0.5) is 9.18 Å². The van der Waals surface area contributed by atoms with E-state index in [1.807, 2.05) is 0 Å². The Labute approximate surface area is 194 Å². The minimum absolute atomic E-state index is 0.00827. The molecule has 1 aliphatic heterocycles. The molecule has 0 unspecified atom stereocenters. The van der Waals surface area contributed by atoms with Crippen LogP contribution in [0.1, 0.15) is 63.4 Å². The first-order valence-electron chi connectivity index (χ1n) is 11.8. The maximum atomic E-state index is 14.2. The minimum atomic E-state index is -3.51.